The van der Waals surface area contributed by atoms with Crippen molar-refractivity contribution in [2.75, 3.05) is 0 Å². The molecule has 10 heteroatoms. The molecule has 112 valence electrons. The van der Waals surface area contributed by atoms with E-state index in [0.29, 0.717) is 0 Å². The maximum atomic E-state index is 11.2. The van der Waals surface area contributed by atoms with Gasteiger partial charge in [-0.3, -0.25) is 14.8 Å². The van der Waals surface area contributed by atoms with E-state index in [1.54, 1.807) is 0 Å². The average molecular weight is 289 g/mol. The van der Waals surface area contributed by atoms with Crippen LogP contribution >= 0.6 is 0 Å². The molecule has 0 saturated carbocycles. The lowest BCUT2D eigenvalue weighted by Gasteiger charge is -2.36. The minimum absolute atomic E-state index is 0.511. The van der Waals surface area contributed by atoms with E-state index in [0.717, 1.165) is 6.08 Å². The molecule has 20 heavy (non-hydrogen) atoms. The second-order valence-corrected chi connectivity index (χ2v) is 4.14. The Labute approximate surface area is 113 Å². The van der Waals surface area contributed by atoms with Crippen LogP contribution in [0.5, 0.6) is 0 Å². The summed E-state index contributed by atoms with van der Waals surface area (Å²) in [5.74, 6) is -3.73. The second kappa shape index (κ2) is 6.32. The van der Waals surface area contributed by atoms with Crippen LogP contribution in [0.1, 0.15) is 6.92 Å². The molecule has 0 aliphatic carbocycles. The zero-order valence-corrected chi connectivity index (χ0v) is 10.4. The lowest BCUT2D eigenvalue weighted by atomic mass is 9.94. The number of aliphatic hydroxyl groups is 1. The Kier molecular flexibility index (Phi) is 5.02. The first-order valence-corrected chi connectivity index (χ1v) is 5.54. The number of aliphatic hydroxyl groups excluding tert-OH is 1. The molecule has 1 aliphatic rings. The first kappa shape index (κ1) is 15.9. The monoisotopic (exact) mass is 289 g/mol. The third-order valence-corrected chi connectivity index (χ3v) is 2.65. The summed E-state index contributed by atoms with van der Waals surface area (Å²) in [6.07, 6.45) is -2.34. The summed E-state index contributed by atoms with van der Waals surface area (Å²) < 4.78 is 4.96. The van der Waals surface area contributed by atoms with Crippen LogP contribution in [0.3, 0.4) is 0 Å². The molecule has 1 aliphatic heterocycles. The Morgan fingerprint density at radius 3 is 2.50 bits per heavy atom. The zero-order valence-electron chi connectivity index (χ0n) is 10.4. The Bertz CT molecular complexity index is 450. The first-order valence-electron chi connectivity index (χ1n) is 5.54. The molecule has 10 nitrogen and oxygen atoms in total. The van der Waals surface area contributed by atoms with Gasteiger partial charge in [-0.1, -0.05) is 0 Å². The summed E-state index contributed by atoms with van der Waals surface area (Å²) in [6, 6.07) is -2.03. The van der Waals surface area contributed by atoms with Gasteiger partial charge in [-0.25, -0.2) is 10.3 Å². The van der Waals surface area contributed by atoms with Crippen molar-refractivity contribution in [3.63, 3.8) is 0 Å². The molecular formula is C10H15N3O7. The SMILES string of the molecule is CC(=O)N[C@H]1[C@H]([C@H](O)C(=O)NO)OC(C(=O)O)=C[C@@H]1N. The van der Waals surface area contributed by atoms with Crippen molar-refractivity contribution in [1.82, 2.24) is 10.8 Å². The maximum absolute atomic E-state index is 11.2. The molecule has 1 heterocycles. The van der Waals surface area contributed by atoms with Crippen LogP contribution in [-0.4, -0.2) is 57.5 Å². The normalized spacial score (nSPS) is 26.8. The van der Waals surface area contributed by atoms with Gasteiger partial charge in [0.2, 0.25) is 11.7 Å². The van der Waals surface area contributed by atoms with Crippen molar-refractivity contribution in [2.45, 2.75) is 31.2 Å². The standard InChI is InChI=1S/C10H15N3O7/c1-3(14)12-6-4(11)2-5(10(17)18)20-8(6)7(15)9(16)13-19/h2,4,6-8,15,19H,11H2,1H3,(H,12,14)(H,13,16)(H,17,18)/t4-,6+,7-,8+/m0/s1. The molecular weight excluding hydrogens is 274 g/mol. The lowest BCUT2D eigenvalue weighted by Crippen LogP contribution is -2.62. The van der Waals surface area contributed by atoms with Gasteiger partial charge >= 0.3 is 5.97 Å². The predicted molar refractivity (Wildman–Crippen MR) is 62.1 cm³/mol. The van der Waals surface area contributed by atoms with E-state index in [1.165, 1.54) is 12.4 Å². The van der Waals surface area contributed by atoms with Gasteiger partial charge in [-0.15, -0.1) is 0 Å². The van der Waals surface area contributed by atoms with Crippen LogP contribution < -0.4 is 16.5 Å². The molecule has 1 rings (SSSR count). The minimum Gasteiger partial charge on any atom is -0.478 e. The number of nitrogens with one attached hydrogen (secondary N) is 2. The molecule has 0 aromatic carbocycles. The predicted octanol–water partition coefficient (Wildman–Crippen LogP) is -2.95. The number of carboxylic acid groups (broad SMARTS) is 1. The molecule has 0 bridgehead atoms. The molecule has 0 unspecified atom stereocenters. The lowest BCUT2D eigenvalue weighted by molar-refractivity contribution is -0.153. The number of nitrogens with two attached hydrogens (primary N) is 1. The number of carbonyl (C=O) groups is 3. The summed E-state index contributed by atoms with van der Waals surface area (Å²) >= 11 is 0. The van der Waals surface area contributed by atoms with Crippen molar-refractivity contribution >= 4 is 17.8 Å². The van der Waals surface area contributed by atoms with Crippen molar-refractivity contribution < 1.29 is 34.5 Å². The van der Waals surface area contributed by atoms with E-state index in [4.69, 9.17) is 20.8 Å². The third kappa shape index (κ3) is 3.44. The largest absolute Gasteiger partial charge is 0.478 e. The fourth-order valence-corrected chi connectivity index (χ4v) is 1.77. The fraction of sp³-hybridized carbons (Fsp3) is 0.500. The van der Waals surface area contributed by atoms with Crippen molar-refractivity contribution in [1.29, 1.82) is 0 Å². The van der Waals surface area contributed by atoms with Gasteiger partial charge in [0.1, 0.15) is 0 Å². The van der Waals surface area contributed by atoms with Crippen LogP contribution in [0.15, 0.2) is 11.8 Å². The number of hydrogen-bond acceptors (Lipinski definition) is 7. The molecule has 0 aromatic heterocycles. The van der Waals surface area contributed by atoms with Crippen LogP contribution in [-0.2, 0) is 19.1 Å². The van der Waals surface area contributed by atoms with Gasteiger partial charge in [0, 0.05) is 6.92 Å². The highest BCUT2D eigenvalue weighted by atomic mass is 16.5. The highest BCUT2D eigenvalue weighted by Crippen LogP contribution is 2.20. The number of hydrogen-bond donors (Lipinski definition) is 6. The van der Waals surface area contributed by atoms with E-state index >= 15 is 0 Å². The van der Waals surface area contributed by atoms with Gasteiger partial charge in [0.15, 0.2) is 12.2 Å². The highest BCUT2D eigenvalue weighted by Gasteiger charge is 2.42. The number of carbonyl (C=O) groups excluding carboxylic acids is 2. The molecule has 0 spiro atoms. The Morgan fingerprint density at radius 1 is 1.45 bits per heavy atom. The molecule has 2 amide bonds. The number of hydroxylamine groups is 1. The molecule has 4 atom stereocenters. The quantitative estimate of drug-likeness (QED) is 0.235. The van der Waals surface area contributed by atoms with E-state index < -0.39 is 47.8 Å². The minimum atomic E-state index is -1.93. The van der Waals surface area contributed by atoms with E-state index in [-0.39, 0.29) is 0 Å². The summed E-state index contributed by atoms with van der Waals surface area (Å²) in [5, 5.41) is 29.4. The number of amides is 2. The van der Waals surface area contributed by atoms with Gasteiger partial charge < -0.3 is 26.0 Å². The molecule has 7 N–H and O–H groups in total. The molecule has 0 fully saturated rings. The maximum Gasteiger partial charge on any atom is 0.370 e. The van der Waals surface area contributed by atoms with Crippen LogP contribution in [0.2, 0.25) is 0 Å². The smallest absolute Gasteiger partial charge is 0.370 e. The van der Waals surface area contributed by atoms with E-state index in [9.17, 15) is 19.5 Å². The number of ether oxygens (including phenoxy) is 1. The average Bonchev–Trinajstić information content (AvgIpc) is 2.38. The number of carboxylic acids is 1. The second-order valence-electron chi connectivity index (χ2n) is 4.14. The molecule has 0 radical (unpaired) electrons. The van der Waals surface area contributed by atoms with E-state index in [2.05, 4.69) is 5.32 Å². The highest BCUT2D eigenvalue weighted by molar-refractivity contribution is 5.85. The van der Waals surface area contributed by atoms with Crippen LogP contribution in [0, 0.1) is 0 Å². The Morgan fingerprint density at radius 2 is 2.05 bits per heavy atom. The fourth-order valence-electron chi connectivity index (χ4n) is 1.77. The van der Waals surface area contributed by atoms with Crippen molar-refractivity contribution in [2.24, 2.45) is 5.73 Å². The van der Waals surface area contributed by atoms with Crippen molar-refractivity contribution in [3.05, 3.63) is 11.8 Å². The molecule has 0 aromatic rings. The Hall–Kier alpha value is -2.17. The Balaban J connectivity index is 3.07. The summed E-state index contributed by atoms with van der Waals surface area (Å²) in [7, 11) is 0. The first-order chi connectivity index (χ1) is 9.27. The van der Waals surface area contributed by atoms with E-state index in [1.807, 2.05) is 0 Å². The van der Waals surface area contributed by atoms with Crippen LogP contribution in [0.4, 0.5) is 0 Å². The third-order valence-electron chi connectivity index (χ3n) is 2.65. The topological polar surface area (TPSA) is 171 Å². The summed E-state index contributed by atoms with van der Waals surface area (Å²) in [5.41, 5.74) is 6.89. The van der Waals surface area contributed by atoms with Gasteiger partial charge in [0.25, 0.3) is 5.91 Å². The number of rotatable bonds is 4. The summed E-state index contributed by atoms with van der Waals surface area (Å²) in [4.78, 5) is 33.2. The molecule has 0 saturated heterocycles. The zero-order chi connectivity index (χ0) is 15.4. The summed E-state index contributed by atoms with van der Waals surface area (Å²) in [6.45, 7) is 1.18. The van der Waals surface area contributed by atoms with Crippen molar-refractivity contribution in [3.8, 4) is 0 Å². The van der Waals surface area contributed by atoms with Gasteiger partial charge in [0.05, 0.1) is 12.1 Å². The number of aliphatic carboxylic acids is 1. The van der Waals surface area contributed by atoms with Crippen LogP contribution in [0.25, 0.3) is 0 Å². The van der Waals surface area contributed by atoms with Gasteiger partial charge in [-0.2, -0.15) is 0 Å². The van der Waals surface area contributed by atoms with Gasteiger partial charge in [-0.05, 0) is 6.08 Å².